The van der Waals surface area contributed by atoms with E-state index in [0.29, 0.717) is 6.04 Å². The molecule has 0 spiro atoms. The molecule has 1 unspecified atom stereocenters. The zero-order valence-electron chi connectivity index (χ0n) is 10.1. The molecule has 0 amide bonds. The standard InChI is InChI=1S/C12H23N3/c1-4-7-13-11(6-5-10(2)3)12-14-8-9-15-12/h8-11,13H,4-7H2,1-3H3,(H,14,15). The molecule has 0 aliphatic heterocycles. The highest BCUT2D eigenvalue weighted by Crippen LogP contribution is 2.17. The molecule has 1 aromatic rings. The van der Waals surface area contributed by atoms with Crippen LogP contribution in [0.2, 0.25) is 0 Å². The topological polar surface area (TPSA) is 40.7 Å². The van der Waals surface area contributed by atoms with Crippen molar-refractivity contribution in [3.63, 3.8) is 0 Å². The van der Waals surface area contributed by atoms with Crippen LogP contribution in [0.1, 0.15) is 51.9 Å². The fourth-order valence-corrected chi connectivity index (χ4v) is 1.62. The smallest absolute Gasteiger partial charge is 0.123 e. The molecule has 1 heterocycles. The van der Waals surface area contributed by atoms with Gasteiger partial charge in [-0.3, -0.25) is 0 Å². The first kappa shape index (κ1) is 12.2. The summed E-state index contributed by atoms with van der Waals surface area (Å²) in [6.45, 7) is 7.77. The van der Waals surface area contributed by atoms with Gasteiger partial charge in [0.15, 0.2) is 0 Å². The lowest BCUT2D eigenvalue weighted by Crippen LogP contribution is -2.23. The van der Waals surface area contributed by atoms with Crippen molar-refractivity contribution < 1.29 is 0 Å². The second-order valence-corrected chi connectivity index (χ2v) is 4.45. The number of aromatic amines is 1. The summed E-state index contributed by atoms with van der Waals surface area (Å²) in [4.78, 5) is 7.53. The molecule has 86 valence electrons. The van der Waals surface area contributed by atoms with E-state index in [1.807, 2.05) is 12.4 Å². The minimum absolute atomic E-state index is 0.391. The van der Waals surface area contributed by atoms with Crippen molar-refractivity contribution in [3.8, 4) is 0 Å². The fraction of sp³-hybridized carbons (Fsp3) is 0.750. The van der Waals surface area contributed by atoms with Crippen LogP contribution in [0.3, 0.4) is 0 Å². The number of imidazole rings is 1. The highest BCUT2D eigenvalue weighted by molar-refractivity contribution is 4.95. The molecule has 3 nitrogen and oxygen atoms in total. The molecular weight excluding hydrogens is 186 g/mol. The van der Waals surface area contributed by atoms with Gasteiger partial charge in [0.1, 0.15) is 5.82 Å². The molecule has 0 aromatic carbocycles. The van der Waals surface area contributed by atoms with Crippen molar-refractivity contribution in [3.05, 3.63) is 18.2 Å². The van der Waals surface area contributed by atoms with Gasteiger partial charge in [-0.2, -0.15) is 0 Å². The maximum atomic E-state index is 4.33. The minimum Gasteiger partial charge on any atom is -0.347 e. The van der Waals surface area contributed by atoms with Gasteiger partial charge in [-0.25, -0.2) is 4.98 Å². The number of rotatable bonds is 7. The molecule has 15 heavy (non-hydrogen) atoms. The van der Waals surface area contributed by atoms with E-state index in [1.165, 1.54) is 12.8 Å². The van der Waals surface area contributed by atoms with Crippen molar-refractivity contribution >= 4 is 0 Å². The maximum absolute atomic E-state index is 4.33. The number of aromatic nitrogens is 2. The second-order valence-electron chi connectivity index (χ2n) is 4.45. The Morgan fingerprint density at radius 2 is 2.20 bits per heavy atom. The Kier molecular flexibility index (Phi) is 5.40. The number of hydrogen-bond acceptors (Lipinski definition) is 2. The Bertz CT molecular complexity index is 241. The third-order valence-corrected chi connectivity index (χ3v) is 2.52. The van der Waals surface area contributed by atoms with E-state index in [9.17, 15) is 0 Å². The van der Waals surface area contributed by atoms with Crippen molar-refractivity contribution in [2.75, 3.05) is 6.54 Å². The summed E-state index contributed by atoms with van der Waals surface area (Å²) < 4.78 is 0. The van der Waals surface area contributed by atoms with E-state index in [2.05, 4.69) is 36.1 Å². The molecule has 3 heteroatoms. The van der Waals surface area contributed by atoms with Crippen molar-refractivity contribution in [1.82, 2.24) is 15.3 Å². The van der Waals surface area contributed by atoms with Crippen LogP contribution in [-0.4, -0.2) is 16.5 Å². The van der Waals surface area contributed by atoms with E-state index in [1.54, 1.807) is 0 Å². The molecule has 0 fully saturated rings. The van der Waals surface area contributed by atoms with Crippen LogP contribution in [-0.2, 0) is 0 Å². The van der Waals surface area contributed by atoms with Gasteiger partial charge in [-0.1, -0.05) is 20.8 Å². The van der Waals surface area contributed by atoms with Gasteiger partial charge in [0.2, 0.25) is 0 Å². The Hall–Kier alpha value is -0.830. The third kappa shape index (κ3) is 4.47. The lowest BCUT2D eigenvalue weighted by atomic mass is 10.0. The van der Waals surface area contributed by atoms with E-state index in [4.69, 9.17) is 0 Å². The Balaban J connectivity index is 2.46. The summed E-state index contributed by atoms with van der Waals surface area (Å²) in [5.41, 5.74) is 0. The van der Waals surface area contributed by atoms with E-state index < -0.39 is 0 Å². The molecule has 0 radical (unpaired) electrons. The summed E-state index contributed by atoms with van der Waals surface area (Å²) in [5, 5.41) is 3.53. The maximum Gasteiger partial charge on any atom is 0.123 e. The number of nitrogens with one attached hydrogen (secondary N) is 2. The third-order valence-electron chi connectivity index (χ3n) is 2.52. The number of hydrogen-bond donors (Lipinski definition) is 2. The molecule has 2 N–H and O–H groups in total. The van der Waals surface area contributed by atoms with E-state index in [-0.39, 0.29) is 0 Å². The molecule has 1 atom stereocenters. The lowest BCUT2D eigenvalue weighted by Gasteiger charge is -2.17. The number of H-pyrrole nitrogens is 1. The molecular formula is C12H23N3. The molecule has 1 aromatic heterocycles. The summed E-state index contributed by atoms with van der Waals surface area (Å²) in [6.07, 6.45) is 7.28. The van der Waals surface area contributed by atoms with Gasteiger partial charge in [-0.15, -0.1) is 0 Å². The average molecular weight is 209 g/mol. The first-order valence-corrected chi connectivity index (χ1v) is 5.96. The molecule has 0 saturated heterocycles. The van der Waals surface area contributed by atoms with Gasteiger partial charge >= 0.3 is 0 Å². The summed E-state index contributed by atoms with van der Waals surface area (Å²) in [5.74, 6) is 1.83. The summed E-state index contributed by atoms with van der Waals surface area (Å²) in [7, 11) is 0. The predicted molar refractivity (Wildman–Crippen MR) is 63.7 cm³/mol. The Morgan fingerprint density at radius 3 is 2.73 bits per heavy atom. The zero-order valence-corrected chi connectivity index (χ0v) is 10.1. The van der Waals surface area contributed by atoms with Crippen molar-refractivity contribution in [2.24, 2.45) is 5.92 Å². The average Bonchev–Trinajstić information content (AvgIpc) is 2.71. The van der Waals surface area contributed by atoms with Crippen LogP contribution in [0.5, 0.6) is 0 Å². The van der Waals surface area contributed by atoms with Crippen LogP contribution < -0.4 is 5.32 Å². The van der Waals surface area contributed by atoms with E-state index >= 15 is 0 Å². The van der Waals surface area contributed by atoms with Gasteiger partial charge in [-0.05, 0) is 31.7 Å². The lowest BCUT2D eigenvalue weighted by molar-refractivity contribution is 0.428. The van der Waals surface area contributed by atoms with Crippen LogP contribution in [0.25, 0.3) is 0 Å². The van der Waals surface area contributed by atoms with Crippen LogP contribution in [0, 0.1) is 5.92 Å². The van der Waals surface area contributed by atoms with Gasteiger partial charge < -0.3 is 10.3 Å². The quantitative estimate of drug-likeness (QED) is 0.725. The fourth-order valence-electron chi connectivity index (χ4n) is 1.62. The van der Waals surface area contributed by atoms with Gasteiger partial charge in [0, 0.05) is 12.4 Å². The molecule has 0 bridgehead atoms. The largest absolute Gasteiger partial charge is 0.347 e. The van der Waals surface area contributed by atoms with Crippen molar-refractivity contribution in [1.29, 1.82) is 0 Å². The summed E-state index contributed by atoms with van der Waals surface area (Å²) in [6, 6.07) is 0.391. The Labute approximate surface area is 92.7 Å². The van der Waals surface area contributed by atoms with Gasteiger partial charge in [0.25, 0.3) is 0 Å². The predicted octanol–water partition coefficient (Wildman–Crippen LogP) is 2.89. The zero-order chi connectivity index (χ0) is 11.1. The first-order chi connectivity index (χ1) is 7.24. The summed E-state index contributed by atoms with van der Waals surface area (Å²) >= 11 is 0. The highest BCUT2D eigenvalue weighted by atomic mass is 15.0. The van der Waals surface area contributed by atoms with Crippen molar-refractivity contribution in [2.45, 2.75) is 46.1 Å². The van der Waals surface area contributed by atoms with Crippen LogP contribution >= 0.6 is 0 Å². The molecule has 0 aliphatic carbocycles. The number of nitrogens with zero attached hydrogens (tertiary/aromatic N) is 1. The van der Waals surface area contributed by atoms with Crippen LogP contribution in [0.15, 0.2) is 12.4 Å². The molecule has 1 rings (SSSR count). The molecule has 0 aliphatic rings. The SMILES string of the molecule is CCCNC(CCC(C)C)c1ncc[nH]1. The monoisotopic (exact) mass is 209 g/mol. The minimum atomic E-state index is 0.391. The van der Waals surface area contributed by atoms with Gasteiger partial charge in [0.05, 0.1) is 6.04 Å². The first-order valence-electron chi connectivity index (χ1n) is 5.96. The highest BCUT2D eigenvalue weighted by Gasteiger charge is 2.12. The molecule has 0 saturated carbocycles. The van der Waals surface area contributed by atoms with Crippen LogP contribution in [0.4, 0.5) is 0 Å². The normalized spacial score (nSPS) is 13.3. The Morgan fingerprint density at radius 1 is 1.40 bits per heavy atom. The second kappa shape index (κ2) is 6.62. The van der Waals surface area contributed by atoms with E-state index in [0.717, 1.165) is 24.7 Å².